The minimum atomic E-state index is -0.553. The number of methoxy groups -OCH3 is 1. The van der Waals surface area contributed by atoms with Gasteiger partial charge in [0.05, 0.1) is 23.9 Å². The van der Waals surface area contributed by atoms with Gasteiger partial charge in [-0.05, 0) is 36.8 Å². The molecular formula is C18H17Cl2N3O2. The van der Waals surface area contributed by atoms with Crippen molar-refractivity contribution >= 4 is 52.2 Å². The van der Waals surface area contributed by atoms with Crippen molar-refractivity contribution in [2.24, 2.45) is 5.73 Å². The third kappa shape index (κ3) is 3.62. The number of aromatic nitrogens is 1. The maximum Gasteiger partial charge on any atom is 0.252 e. The second kappa shape index (κ2) is 7.59. The number of nitrogens with zero attached hydrogens (tertiary/aromatic N) is 1. The van der Waals surface area contributed by atoms with Gasteiger partial charge < -0.3 is 15.8 Å². The number of hydrogen-bond acceptors (Lipinski definition) is 4. The standard InChI is InChI=1S/C18H16ClN3O2.ClH/c1-10-15(19)7-6-13-16(10)21-9-14(18(20)23)17(13)22-11-4-3-5-12(8-11)24-2;/h3-9H,1-2H3,(H2,20,23)(H,21,22);1H. The van der Waals surface area contributed by atoms with E-state index in [2.05, 4.69) is 10.3 Å². The summed E-state index contributed by atoms with van der Waals surface area (Å²) in [5, 5.41) is 4.65. The van der Waals surface area contributed by atoms with E-state index in [1.807, 2.05) is 37.3 Å². The minimum Gasteiger partial charge on any atom is -0.497 e. The molecule has 130 valence electrons. The number of pyridine rings is 1. The molecular weight excluding hydrogens is 361 g/mol. The van der Waals surface area contributed by atoms with Gasteiger partial charge in [0.1, 0.15) is 5.75 Å². The molecule has 7 heteroatoms. The molecule has 25 heavy (non-hydrogen) atoms. The summed E-state index contributed by atoms with van der Waals surface area (Å²) in [6.07, 6.45) is 1.47. The Kier molecular flexibility index (Phi) is 5.72. The molecule has 0 radical (unpaired) electrons. The number of benzene rings is 2. The highest BCUT2D eigenvalue weighted by Crippen LogP contribution is 2.33. The summed E-state index contributed by atoms with van der Waals surface area (Å²) in [5.74, 6) is 0.153. The number of primary amides is 1. The van der Waals surface area contributed by atoms with Crippen molar-refractivity contribution < 1.29 is 9.53 Å². The van der Waals surface area contributed by atoms with Crippen molar-refractivity contribution in [1.82, 2.24) is 4.98 Å². The third-order valence-corrected chi connectivity index (χ3v) is 4.24. The van der Waals surface area contributed by atoms with E-state index in [-0.39, 0.29) is 12.4 Å². The van der Waals surface area contributed by atoms with E-state index < -0.39 is 5.91 Å². The Morgan fingerprint density at radius 1 is 1.28 bits per heavy atom. The first-order valence-corrected chi connectivity index (χ1v) is 7.67. The normalized spacial score (nSPS) is 10.2. The molecule has 0 saturated heterocycles. The maximum absolute atomic E-state index is 11.8. The number of carbonyl (C=O) groups excluding carboxylic acids is 1. The van der Waals surface area contributed by atoms with Gasteiger partial charge in [-0.15, -0.1) is 12.4 Å². The van der Waals surface area contributed by atoms with Gasteiger partial charge >= 0.3 is 0 Å². The van der Waals surface area contributed by atoms with Gasteiger partial charge in [-0.2, -0.15) is 0 Å². The summed E-state index contributed by atoms with van der Waals surface area (Å²) in [5.41, 5.74) is 8.76. The Morgan fingerprint density at radius 2 is 2.04 bits per heavy atom. The first-order valence-electron chi connectivity index (χ1n) is 7.30. The number of hydrogen-bond donors (Lipinski definition) is 2. The van der Waals surface area contributed by atoms with Crippen LogP contribution in [0.2, 0.25) is 5.02 Å². The Hall–Kier alpha value is -2.50. The van der Waals surface area contributed by atoms with Crippen LogP contribution in [0.1, 0.15) is 15.9 Å². The lowest BCUT2D eigenvalue weighted by molar-refractivity contribution is 0.100. The molecule has 0 aliphatic rings. The summed E-state index contributed by atoms with van der Waals surface area (Å²) in [4.78, 5) is 16.2. The zero-order chi connectivity index (χ0) is 17.3. The van der Waals surface area contributed by atoms with Gasteiger partial charge in [0.15, 0.2) is 0 Å². The van der Waals surface area contributed by atoms with E-state index in [0.29, 0.717) is 22.0 Å². The highest BCUT2D eigenvalue weighted by atomic mass is 35.5. The average Bonchev–Trinajstić information content (AvgIpc) is 2.58. The number of carbonyl (C=O) groups is 1. The number of rotatable bonds is 4. The van der Waals surface area contributed by atoms with E-state index in [1.54, 1.807) is 13.2 Å². The SMILES string of the molecule is COc1cccc(Nc2c(C(N)=O)cnc3c(C)c(Cl)ccc23)c1.Cl. The number of ether oxygens (including phenoxy) is 1. The van der Waals surface area contributed by atoms with E-state index in [9.17, 15) is 4.79 Å². The fourth-order valence-corrected chi connectivity index (χ4v) is 2.70. The molecule has 0 unspecified atom stereocenters. The van der Waals surface area contributed by atoms with Crippen LogP contribution in [0, 0.1) is 6.92 Å². The van der Waals surface area contributed by atoms with E-state index in [0.717, 1.165) is 22.2 Å². The van der Waals surface area contributed by atoms with Crippen LogP contribution in [-0.2, 0) is 0 Å². The van der Waals surface area contributed by atoms with Crippen LogP contribution in [0.4, 0.5) is 11.4 Å². The summed E-state index contributed by atoms with van der Waals surface area (Å²) in [6, 6.07) is 11.0. The molecule has 5 nitrogen and oxygen atoms in total. The molecule has 0 aliphatic carbocycles. The van der Waals surface area contributed by atoms with Crippen molar-refractivity contribution in [3.63, 3.8) is 0 Å². The molecule has 2 aromatic carbocycles. The van der Waals surface area contributed by atoms with Crippen LogP contribution in [0.5, 0.6) is 5.75 Å². The van der Waals surface area contributed by atoms with E-state index in [1.165, 1.54) is 6.20 Å². The zero-order valence-electron chi connectivity index (χ0n) is 13.7. The quantitative estimate of drug-likeness (QED) is 0.702. The smallest absolute Gasteiger partial charge is 0.252 e. The predicted molar refractivity (Wildman–Crippen MR) is 104 cm³/mol. The van der Waals surface area contributed by atoms with Gasteiger partial charge in [0, 0.05) is 28.4 Å². The number of nitrogens with two attached hydrogens (primary N) is 1. The Bertz CT molecular complexity index is 945. The van der Waals surface area contributed by atoms with E-state index in [4.69, 9.17) is 22.1 Å². The number of nitrogens with one attached hydrogen (secondary N) is 1. The van der Waals surface area contributed by atoms with Crippen molar-refractivity contribution in [3.8, 4) is 5.75 Å². The molecule has 3 aromatic rings. The zero-order valence-corrected chi connectivity index (χ0v) is 15.2. The number of anilines is 2. The molecule has 1 heterocycles. The second-order valence-corrected chi connectivity index (χ2v) is 5.74. The van der Waals surface area contributed by atoms with Crippen LogP contribution in [0.3, 0.4) is 0 Å². The number of aryl methyl sites for hydroxylation is 1. The lowest BCUT2D eigenvalue weighted by Gasteiger charge is -2.15. The molecule has 0 spiro atoms. The highest BCUT2D eigenvalue weighted by Gasteiger charge is 2.15. The average molecular weight is 378 g/mol. The Balaban J connectivity index is 0.00000225. The topological polar surface area (TPSA) is 77.2 Å². The Morgan fingerprint density at radius 3 is 2.72 bits per heavy atom. The van der Waals surface area contributed by atoms with Gasteiger partial charge in [0.25, 0.3) is 5.91 Å². The van der Waals surface area contributed by atoms with Crippen LogP contribution in [0.15, 0.2) is 42.6 Å². The molecule has 0 fully saturated rings. The fraction of sp³-hybridized carbons (Fsp3) is 0.111. The first-order chi connectivity index (χ1) is 11.5. The van der Waals surface area contributed by atoms with Crippen LogP contribution < -0.4 is 15.8 Å². The van der Waals surface area contributed by atoms with E-state index >= 15 is 0 Å². The van der Waals surface area contributed by atoms with Gasteiger partial charge in [-0.25, -0.2) is 0 Å². The fourth-order valence-electron chi connectivity index (χ4n) is 2.55. The first kappa shape index (κ1) is 18.8. The largest absolute Gasteiger partial charge is 0.497 e. The molecule has 0 bridgehead atoms. The van der Waals surface area contributed by atoms with Crippen molar-refractivity contribution in [3.05, 3.63) is 58.7 Å². The summed E-state index contributed by atoms with van der Waals surface area (Å²) in [6.45, 7) is 1.89. The number of halogens is 2. The van der Waals surface area contributed by atoms with Crippen molar-refractivity contribution in [2.45, 2.75) is 6.92 Å². The summed E-state index contributed by atoms with van der Waals surface area (Å²) >= 11 is 6.17. The molecule has 1 amide bonds. The third-order valence-electron chi connectivity index (χ3n) is 3.83. The molecule has 0 aliphatic heterocycles. The molecule has 1 aromatic heterocycles. The van der Waals surface area contributed by atoms with Gasteiger partial charge in [0.2, 0.25) is 0 Å². The summed E-state index contributed by atoms with van der Waals surface area (Å²) < 4.78 is 5.23. The maximum atomic E-state index is 11.8. The highest BCUT2D eigenvalue weighted by molar-refractivity contribution is 6.32. The van der Waals surface area contributed by atoms with Gasteiger partial charge in [-0.3, -0.25) is 9.78 Å². The Labute approximate surface area is 156 Å². The lowest BCUT2D eigenvalue weighted by atomic mass is 10.1. The van der Waals surface area contributed by atoms with Crippen LogP contribution >= 0.6 is 24.0 Å². The van der Waals surface area contributed by atoms with Gasteiger partial charge in [-0.1, -0.05) is 17.7 Å². The number of amides is 1. The monoisotopic (exact) mass is 377 g/mol. The molecule has 0 atom stereocenters. The predicted octanol–water partition coefficient (Wildman–Crippen LogP) is 4.47. The van der Waals surface area contributed by atoms with Crippen molar-refractivity contribution in [1.29, 1.82) is 0 Å². The summed E-state index contributed by atoms with van der Waals surface area (Å²) in [7, 11) is 1.60. The molecule has 3 rings (SSSR count). The minimum absolute atomic E-state index is 0. The number of fused-ring (bicyclic) bond motifs is 1. The van der Waals surface area contributed by atoms with Crippen LogP contribution in [0.25, 0.3) is 10.9 Å². The molecule has 3 N–H and O–H groups in total. The van der Waals surface area contributed by atoms with Crippen LogP contribution in [-0.4, -0.2) is 18.0 Å². The lowest BCUT2D eigenvalue weighted by Crippen LogP contribution is -2.14. The second-order valence-electron chi connectivity index (χ2n) is 5.34. The van der Waals surface area contributed by atoms with Crippen molar-refractivity contribution in [2.75, 3.05) is 12.4 Å². The molecule has 0 saturated carbocycles.